The van der Waals surface area contributed by atoms with Crippen LogP contribution in [0.2, 0.25) is 0 Å². The van der Waals surface area contributed by atoms with Crippen LogP contribution in [-0.2, 0) is 10.3 Å². The number of ether oxygens (including phenoxy) is 1. The van der Waals surface area contributed by atoms with Gasteiger partial charge in [-0.1, -0.05) is 30.3 Å². The highest BCUT2D eigenvalue weighted by Crippen LogP contribution is 2.30. The van der Waals surface area contributed by atoms with Crippen LogP contribution in [0, 0.1) is 17.0 Å². The summed E-state index contributed by atoms with van der Waals surface area (Å²) in [7, 11) is 0. The molecule has 1 atom stereocenters. The highest BCUT2D eigenvalue weighted by Gasteiger charge is 2.49. The first-order valence-corrected chi connectivity index (χ1v) is 8.40. The number of benzene rings is 2. The van der Waals surface area contributed by atoms with Crippen molar-refractivity contribution in [2.45, 2.75) is 19.4 Å². The maximum atomic E-state index is 12.8. The van der Waals surface area contributed by atoms with Crippen LogP contribution in [0.3, 0.4) is 0 Å². The molecule has 0 radical (unpaired) electrons. The Morgan fingerprint density at radius 2 is 1.93 bits per heavy atom. The van der Waals surface area contributed by atoms with E-state index in [2.05, 4.69) is 5.32 Å². The molecule has 1 heterocycles. The number of nitrogens with zero attached hydrogens (tertiary/aromatic N) is 2. The number of urea groups is 1. The third-order valence-electron chi connectivity index (χ3n) is 4.58. The van der Waals surface area contributed by atoms with Crippen LogP contribution < -0.4 is 10.1 Å². The molecule has 0 aliphatic carbocycles. The van der Waals surface area contributed by atoms with Gasteiger partial charge >= 0.3 is 6.03 Å². The molecule has 1 aliphatic heterocycles. The number of non-ortho nitro benzene ring substituents is 1. The van der Waals surface area contributed by atoms with Crippen LogP contribution in [-0.4, -0.2) is 34.9 Å². The Morgan fingerprint density at radius 3 is 2.63 bits per heavy atom. The molecule has 1 saturated heterocycles. The number of amides is 3. The maximum Gasteiger partial charge on any atom is 0.325 e. The summed E-state index contributed by atoms with van der Waals surface area (Å²) in [5, 5.41) is 13.6. The van der Waals surface area contributed by atoms with E-state index in [1.807, 2.05) is 31.2 Å². The van der Waals surface area contributed by atoms with Crippen LogP contribution in [0.1, 0.15) is 18.1 Å². The number of nitro benzene ring substituents is 1. The molecular formula is C19H19N3O5. The van der Waals surface area contributed by atoms with Crippen molar-refractivity contribution in [3.05, 3.63) is 69.8 Å². The van der Waals surface area contributed by atoms with Gasteiger partial charge in [-0.2, -0.15) is 0 Å². The van der Waals surface area contributed by atoms with Crippen LogP contribution in [0.15, 0.2) is 48.5 Å². The third kappa shape index (κ3) is 3.46. The smallest absolute Gasteiger partial charge is 0.325 e. The summed E-state index contributed by atoms with van der Waals surface area (Å²) >= 11 is 0. The number of nitrogens with one attached hydrogen (secondary N) is 1. The van der Waals surface area contributed by atoms with E-state index in [9.17, 15) is 19.7 Å². The molecule has 0 bridgehead atoms. The summed E-state index contributed by atoms with van der Waals surface area (Å²) in [4.78, 5) is 36.7. The highest BCUT2D eigenvalue weighted by atomic mass is 16.6. The van der Waals surface area contributed by atoms with Gasteiger partial charge in [-0.3, -0.25) is 19.8 Å². The molecule has 8 nitrogen and oxygen atoms in total. The van der Waals surface area contributed by atoms with Crippen molar-refractivity contribution in [2.24, 2.45) is 0 Å². The Balaban J connectivity index is 1.73. The van der Waals surface area contributed by atoms with Crippen LogP contribution in [0.4, 0.5) is 10.5 Å². The van der Waals surface area contributed by atoms with Gasteiger partial charge in [-0.25, -0.2) is 4.79 Å². The number of hydrogen-bond acceptors (Lipinski definition) is 5. The van der Waals surface area contributed by atoms with Crippen LogP contribution in [0.5, 0.6) is 5.75 Å². The molecule has 1 N–H and O–H groups in total. The Labute approximate surface area is 155 Å². The van der Waals surface area contributed by atoms with E-state index in [0.29, 0.717) is 11.3 Å². The van der Waals surface area contributed by atoms with E-state index in [1.54, 1.807) is 6.07 Å². The fraction of sp³-hybridized carbons (Fsp3) is 0.263. The summed E-state index contributed by atoms with van der Waals surface area (Å²) in [6, 6.07) is 12.6. The van der Waals surface area contributed by atoms with Gasteiger partial charge in [0.1, 0.15) is 17.9 Å². The molecule has 3 amide bonds. The Hall–Kier alpha value is -3.42. The van der Waals surface area contributed by atoms with Gasteiger partial charge in [0.2, 0.25) is 0 Å². The number of hydrogen-bond donors (Lipinski definition) is 1. The van der Waals surface area contributed by atoms with Crippen LogP contribution >= 0.6 is 0 Å². The first-order chi connectivity index (χ1) is 12.8. The minimum atomic E-state index is -1.36. The molecule has 0 spiro atoms. The summed E-state index contributed by atoms with van der Waals surface area (Å²) in [6.07, 6.45) is 0. The zero-order chi connectivity index (χ0) is 19.6. The van der Waals surface area contributed by atoms with Gasteiger partial charge in [-0.05, 0) is 31.0 Å². The van der Waals surface area contributed by atoms with Crippen molar-refractivity contribution >= 4 is 17.6 Å². The van der Waals surface area contributed by atoms with E-state index in [0.717, 1.165) is 10.5 Å². The number of imide groups is 1. The molecule has 140 valence electrons. The Kier molecular flexibility index (Phi) is 4.81. The summed E-state index contributed by atoms with van der Waals surface area (Å²) in [6.45, 7) is 3.66. The summed E-state index contributed by atoms with van der Waals surface area (Å²) in [5.74, 6) is 0.215. The predicted molar refractivity (Wildman–Crippen MR) is 97.4 cm³/mol. The number of carbonyl (C=O) groups is 2. The minimum absolute atomic E-state index is 0.0729. The maximum absolute atomic E-state index is 12.8. The molecule has 0 aromatic heterocycles. The Bertz CT molecular complexity index is 914. The quantitative estimate of drug-likeness (QED) is 0.479. The van der Waals surface area contributed by atoms with E-state index in [1.165, 1.54) is 25.1 Å². The van der Waals surface area contributed by atoms with Crippen molar-refractivity contribution in [2.75, 3.05) is 13.2 Å². The second-order valence-corrected chi connectivity index (χ2v) is 6.43. The molecule has 2 aromatic carbocycles. The van der Waals surface area contributed by atoms with Gasteiger partial charge in [0.25, 0.3) is 11.6 Å². The molecule has 1 unspecified atom stereocenters. The number of rotatable bonds is 6. The third-order valence-corrected chi connectivity index (χ3v) is 4.58. The van der Waals surface area contributed by atoms with E-state index < -0.39 is 22.4 Å². The van der Waals surface area contributed by atoms with Gasteiger partial charge in [0.15, 0.2) is 0 Å². The molecule has 3 rings (SSSR count). The minimum Gasteiger partial charge on any atom is -0.491 e. The van der Waals surface area contributed by atoms with Crippen molar-refractivity contribution in [1.29, 1.82) is 0 Å². The number of aryl methyl sites for hydroxylation is 1. The zero-order valence-electron chi connectivity index (χ0n) is 15.0. The van der Waals surface area contributed by atoms with E-state index >= 15 is 0 Å². The number of para-hydroxylation sites is 1. The Morgan fingerprint density at radius 1 is 1.19 bits per heavy atom. The fourth-order valence-corrected chi connectivity index (χ4v) is 2.99. The lowest BCUT2D eigenvalue weighted by Crippen LogP contribution is -2.41. The highest BCUT2D eigenvalue weighted by molar-refractivity contribution is 6.07. The summed E-state index contributed by atoms with van der Waals surface area (Å²) in [5.41, 5.74) is -0.184. The molecule has 2 aromatic rings. The fourth-order valence-electron chi connectivity index (χ4n) is 2.99. The largest absolute Gasteiger partial charge is 0.491 e. The molecule has 1 aliphatic rings. The lowest BCUT2D eigenvalue weighted by atomic mass is 9.91. The van der Waals surface area contributed by atoms with Gasteiger partial charge in [-0.15, -0.1) is 0 Å². The molecule has 1 fully saturated rings. The van der Waals surface area contributed by atoms with Gasteiger partial charge in [0, 0.05) is 12.1 Å². The van der Waals surface area contributed by atoms with Gasteiger partial charge < -0.3 is 10.1 Å². The van der Waals surface area contributed by atoms with Crippen LogP contribution in [0.25, 0.3) is 0 Å². The zero-order valence-corrected chi connectivity index (χ0v) is 15.0. The number of nitro groups is 1. The SMILES string of the molecule is Cc1ccccc1OCCN1C(=O)NC(C)(c2cccc([N+](=O)[O-])c2)C1=O. The normalized spacial score (nSPS) is 19.1. The van der Waals surface area contributed by atoms with E-state index in [4.69, 9.17) is 4.74 Å². The van der Waals surface area contributed by atoms with Crippen molar-refractivity contribution in [3.63, 3.8) is 0 Å². The molecular weight excluding hydrogens is 350 g/mol. The van der Waals surface area contributed by atoms with Crippen molar-refractivity contribution < 1.29 is 19.2 Å². The lowest BCUT2D eigenvalue weighted by molar-refractivity contribution is -0.385. The lowest BCUT2D eigenvalue weighted by Gasteiger charge is -2.22. The topological polar surface area (TPSA) is 102 Å². The molecule has 0 saturated carbocycles. The standard InChI is InChI=1S/C19H19N3O5/c1-13-6-3-4-9-16(13)27-11-10-21-17(23)19(2,20-18(21)24)14-7-5-8-15(12-14)22(25)26/h3-9,12H,10-11H2,1-2H3,(H,20,24). The first-order valence-electron chi connectivity index (χ1n) is 8.40. The second kappa shape index (κ2) is 7.06. The summed E-state index contributed by atoms with van der Waals surface area (Å²) < 4.78 is 5.66. The molecule has 27 heavy (non-hydrogen) atoms. The van der Waals surface area contributed by atoms with E-state index in [-0.39, 0.29) is 18.8 Å². The average Bonchev–Trinajstić information content (AvgIpc) is 2.87. The van der Waals surface area contributed by atoms with Crippen molar-refractivity contribution in [1.82, 2.24) is 10.2 Å². The first kappa shape index (κ1) is 18.4. The van der Waals surface area contributed by atoms with Gasteiger partial charge in [0.05, 0.1) is 11.5 Å². The second-order valence-electron chi connectivity index (χ2n) is 6.43. The number of carbonyl (C=O) groups excluding carboxylic acids is 2. The predicted octanol–water partition coefficient (Wildman–Crippen LogP) is 2.75. The molecule has 8 heteroatoms. The average molecular weight is 369 g/mol. The van der Waals surface area contributed by atoms with Crippen molar-refractivity contribution in [3.8, 4) is 5.75 Å². The monoisotopic (exact) mass is 369 g/mol.